The van der Waals surface area contributed by atoms with Crippen LogP contribution in [0.2, 0.25) is 0 Å². The van der Waals surface area contributed by atoms with E-state index in [0.29, 0.717) is 25.9 Å². The smallest absolute Gasteiger partial charge is 0.407 e. The first-order valence-corrected chi connectivity index (χ1v) is 11.7. The van der Waals surface area contributed by atoms with Crippen LogP contribution in [0.4, 0.5) is 4.79 Å². The van der Waals surface area contributed by atoms with Crippen molar-refractivity contribution in [2.75, 3.05) is 19.8 Å². The van der Waals surface area contributed by atoms with Crippen molar-refractivity contribution in [3.8, 4) is 11.1 Å². The number of unbranched alkanes of at least 4 members (excludes halogenated alkanes) is 1. The van der Waals surface area contributed by atoms with E-state index in [1.54, 1.807) is 0 Å². The molecule has 2 atom stereocenters. The molecule has 7 nitrogen and oxygen atoms in total. The van der Waals surface area contributed by atoms with Crippen molar-refractivity contribution in [3.63, 3.8) is 0 Å². The van der Waals surface area contributed by atoms with Crippen LogP contribution in [-0.2, 0) is 19.0 Å². The maximum Gasteiger partial charge on any atom is 0.407 e. The normalized spacial score (nSPS) is 18.2. The maximum absolute atomic E-state index is 12.4. The molecule has 33 heavy (non-hydrogen) atoms. The van der Waals surface area contributed by atoms with Gasteiger partial charge in [-0.15, -0.1) is 0 Å². The Labute approximate surface area is 194 Å². The molecule has 1 unspecified atom stereocenters. The zero-order valence-electron chi connectivity index (χ0n) is 18.7. The third-order valence-corrected chi connectivity index (χ3v) is 6.26. The molecule has 0 saturated carbocycles. The lowest BCUT2D eigenvalue weighted by atomic mass is 9.98. The van der Waals surface area contributed by atoms with Crippen molar-refractivity contribution in [1.29, 1.82) is 0 Å². The van der Waals surface area contributed by atoms with E-state index in [0.717, 1.165) is 48.1 Å². The van der Waals surface area contributed by atoms with Crippen LogP contribution < -0.4 is 5.32 Å². The lowest BCUT2D eigenvalue weighted by Crippen LogP contribution is -2.41. The van der Waals surface area contributed by atoms with E-state index >= 15 is 0 Å². The molecular formula is C26H31NO6. The highest BCUT2D eigenvalue weighted by atomic mass is 16.7. The summed E-state index contributed by atoms with van der Waals surface area (Å²) in [6.07, 6.45) is 3.86. The predicted molar refractivity (Wildman–Crippen MR) is 123 cm³/mol. The van der Waals surface area contributed by atoms with Crippen LogP contribution in [0.5, 0.6) is 0 Å². The van der Waals surface area contributed by atoms with E-state index in [1.807, 2.05) is 36.4 Å². The first-order valence-electron chi connectivity index (χ1n) is 11.7. The highest BCUT2D eigenvalue weighted by molar-refractivity contribution is 5.81. The van der Waals surface area contributed by atoms with E-state index in [2.05, 4.69) is 17.4 Å². The first-order chi connectivity index (χ1) is 16.1. The van der Waals surface area contributed by atoms with Gasteiger partial charge in [0.1, 0.15) is 12.6 Å². The molecule has 0 aromatic heterocycles. The number of amides is 1. The predicted octanol–water partition coefficient (Wildman–Crippen LogP) is 4.69. The largest absolute Gasteiger partial charge is 0.480 e. The van der Waals surface area contributed by atoms with Gasteiger partial charge in [0.15, 0.2) is 6.29 Å². The van der Waals surface area contributed by atoms with Crippen molar-refractivity contribution in [2.45, 2.75) is 56.8 Å². The highest BCUT2D eigenvalue weighted by Gasteiger charge is 2.29. The van der Waals surface area contributed by atoms with Gasteiger partial charge in [-0.2, -0.15) is 0 Å². The quantitative estimate of drug-likeness (QED) is 0.507. The molecule has 1 aliphatic heterocycles. The number of fused-ring (bicyclic) bond motifs is 3. The Hall–Kier alpha value is -2.90. The van der Waals surface area contributed by atoms with E-state index in [1.165, 1.54) is 0 Å². The van der Waals surface area contributed by atoms with Gasteiger partial charge in [0.05, 0.1) is 0 Å². The Morgan fingerprint density at radius 3 is 2.36 bits per heavy atom. The number of carbonyl (C=O) groups is 2. The Kier molecular flexibility index (Phi) is 7.96. The number of ether oxygens (including phenoxy) is 3. The van der Waals surface area contributed by atoms with Gasteiger partial charge in [0, 0.05) is 19.1 Å². The van der Waals surface area contributed by atoms with E-state index in [9.17, 15) is 14.7 Å². The molecule has 7 heteroatoms. The molecule has 1 fully saturated rings. The van der Waals surface area contributed by atoms with Crippen molar-refractivity contribution >= 4 is 12.1 Å². The zero-order chi connectivity index (χ0) is 23.0. The van der Waals surface area contributed by atoms with Crippen LogP contribution in [0.3, 0.4) is 0 Å². The maximum atomic E-state index is 12.4. The molecule has 176 valence electrons. The number of carboxylic acid groups (broad SMARTS) is 1. The molecule has 1 amide bonds. The summed E-state index contributed by atoms with van der Waals surface area (Å²) in [6.45, 7) is 1.40. The fraction of sp³-hybridized carbons (Fsp3) is 0.462. The van der Waals surface area contributed by atoms with Gasteiger partial charge < -0.3 is 24.6 Å². The second-order valence-electron chi connectivity index (χ2n) is 8.52. The van der Waals surface area contributed by atoms with Gasteiger partial charge in [0.2, 0.25) is 0 Å². The van der Waals surface area contributed by atoms with Gasteiger partial charge >= 0.3 is 12.1 Å². The SMILES string of the molecule is O=C(N[C@@H](CCCCOC1CCCCO1)C(=O)O)OCC1c2ccccc2-c2ccccc21. The number of benzene rings is 2. The Morgan fingerprint density at radius 1 is 1.03 bits per heavy atom. The molecule has 0 radical (unpaired) electrons. The van der Waals surface area contributed by atoms with E-state index < -0.39 is 18.1 Å². The molecule has 2 N–H and O–H groups in total. The summed E-state index contributed by atoms with van der Waals surface area (Å²) >= 11 is 0. The Balaban J connectivity index is 1.23. The summed E-state index contributed by atoms with van der Waals surface area (Å²) in [5, 5.41) is 12.0. The summed E-state index contributed by atoms with van der Waals surface area (Å²) in [5.74, 6) is -1.13. The van der Waals surface area contributed by atoms with Crippen LogP contribution in [-0.4, -0.2) is 49.3 Å². The number of carboxylic acids is 1. The van der Waals surface area contributed by atoms with Crippen molar-refractivity contribution < 1.29 is 28.9 Å². The van der Waals surface area contributed by atoms with Crippen LogP contribution >= 0.6 is 0 Å². The minimum Gasteiger partial charge on any atom is -0.480 e. The van der Waals surface area contributed by atoms with Crippen LogP contribution in [0.15, 0.2) is 48.5 Å². The highest BCUT2D eigenvalue weighted by Crippen LogP contribution is 2.44. The number of nitrogens with one attached hydrogen (secondary N) is 1. The average molecular weight is 454 g/mol. The number of carbonyl (C=O) groups excluding carboxylic acids is 1. The third kappa shape index (κ3) is 5.92. The van der Waals surface area contributed by atoms with Gasteiger partial charge in [0.25, 0.3) is 0 Å². The molecule has 1 saturated heterocycles. The number of hydrogen-bond donors (Lipinski definition) is 2. The summed E-state index contributed by atoms with van der Waals surface area (Å²) in [7, 11) is 0. The molecule has 2 aromatic rings. The molecule has 4 rings (SSSR count). The second kappa shape index (κ2) is 11.3. The molecular weight excluding hydrogens is 422 g/mol. The monoisotopic (exact) mass is 453 g/mol. The molecule has 2 aliphatic rings. The fourth-order valence-corrected chi connectivity index (χ4v) is 4.55. The van der Waals surface area contributed by atoms with Crippen molar-refractivity contribution in [3.05, 3.63) is 59.7 Å². The fourth-order valence-electron chi connectivity index (χ4n) is 4.55. The average Bonchev–Trinajstić information content (AvgIpc) is 3.16. The number of rotatable bonds is 10. The van der Waals surface area contributed by atoms with Crippen LogP contribution in [0.1, 0.15) is 55.6 Å². The summed E-state index contributed by atoms with van der Waals surface area (Å²) in [4.78, 5) is 24.0. The number of alkyl carbamates (subject to hydrolysis) is 1. The van der Waals surface area contributed by atoms with E-state index in [-0.39, 0.29) is 18.8 Å². The molecule has 0 spiro atoms. The molecule has 1 heterocycles. The van der Waals surface area contributed by atoms with Gasteiger partial charge in [-0.1, -0.05) is 48.5 Å². The Bertz CT molecular complexity index is 910. The first kappa shape index (κ1) is 23.3. The molecule has 2 aromatic carbocycles. The van der Waals surface area contributed by atoms with E-state index in [4.69, 9.17) is 14.2 Å². The third-order valence-electron chi connectivity index (χ3n) is 6.26. The number of aliphatic carboxylic acids is 1. The van der Waals surface area contributed by atoms with Crippen LogP contribution in [0, 0.1) is 0 Å². The minimum atomic E-state index is -1.07. The zero-order valence-corrected chi connectivity index (χ0v) is 18.7. The lowest BCUT2D eigenvalue weighted by Gasteiger charge is -2.22. The topological polar surface area (TPSA) is 94.1 Å². The standard InChI is InChI=1S/C26H31NO6/c28-25(29)23(13-5-7-15-31-24-14-6-8-16-32-24)27-26(30)33-17-22-20-11-3-1-9-18(20)19-10-2-4-12-21(19)22/h1-4,9-12,22-24H,5-8,13-17H2,(H,27,30)(H,28,29)/t23-,24?/m0/s1. The Morgan fingerprint density at radius 2 is 1.73 bits per heavy atom. The van der Waals surface area contributed by atoms with Gasteiger partial charge in [-0.3, -0.25) is 0 Å². The molecule has 0 bridgehead atoms. The minimum absolute atomic E-state index is 0.0643. The van der Waals surface area contributed by atoms with Crippen molar-refractivity contribution in [2.24, 2.45) is 0 Å². The van der Waals surface area contributed by atoms with Crippen molar-refractivity contribution in [1.82, 2.24) is 5.32 Å². The summed E-state index contributed by atoms with van der Waals surface area (Å²) < 4.78 is 16.7. The second-order valence-corrected chi connectivity index (χ2v) is 8.52. The van der Waals surface area contributed by atoms with Gasteiger partial charge in [-0.05, 0) is 60.8 Å². The summed E-state index contributed by atoms with van der Waals surface area (Å²) in [5.41, 5.74) is 4.52. The van der Waals surface area contributed by atoms with Gasteiger partial charge in [-0.25, -0.2) is 9.59 Å². The molecule has 1 aliphatic carbocycles. The number of hydrogen-bond acceptors (Lipinski definition) is 5. The lowest BCUT2D eigenvalue weighted by molar-refractivity contribution is -0.163. The van der Waals surface area contributed by atoms with Crippen LogP contribution in [0.25, 0.3) is 11.1 Å². The summed E-state index contributed by atoms with van der Waals surface area (Å²) in [6, 6.07) is 15.2.